The Morgan fingerprint density at radius 1 is 1.20 bits per heavy atom. The number of benzene rings is 1. The third-order valence-electron chi connectivity index (χ3n) is 2.68. The molecular weight excluding hydrogens is 269 g/mol. The van der Waals surface area contributed by atoms with Gasteiger partial charge in [-0.05, 0) is 24.1 Å². The number of halogens is 3. The number of ether oxygens (including phenoxy) is 1. The van der Waals surface area contributed by atoms with Crippen molar-refractivity contribution in [2.45, 2.75) is 6.92 Å². The third kappa shape index (κ3) is 3.03. The van der Waals surface area contributed by atoms with E-state index in [2.05, 4.69) is 5.43 Å². The van der Waals surface area contributed by atoms with Gasteiger partial charge in [-0.2, -0.15) is 4.39 Å². The molecule has 1 aromatic rings. The summed E-state index contributed by atoms with van der Waals surface area (Å²) in [5.74, 6) is 1.95. The minimum Gasteiger partial charge on any atom is -0.454 e. The van der Waals surface area contributed by atoms with Crippen molar-refractivity contribution in [1.82, 2.24) is 5.43 Å². The van der Waals surface area contributed by atoms with Gasteiger partial charge in [-0.1, -0.05) is 19.1 Å². The summed E-state index contributed by atoms with van der Waals surface area (Å²) >= 11 is 0. The monoisotopic (exact) mass is 282 g/mol. The lowest BCUT2D eigenvalue weighted by Crippen LogP contribution is -2.21. The van der Waals surface area contributed by atoms with Gasteiger partial charge in [0.25, 0.3) is 0 Å². The van der Waals surface area contributed by atoms with Crippen LogP contribution in [0.3, 0.4) is 0 Å². The number of nitrogens with two attached hydrogens (primary N) is 1. The number of nitrogens with one attached hydrogen (secondary N) is 1. The molecule has 0 saturated heterocycles. The molecule has 1 atom stereocenters. The summed E-state index contributed by atoms with van der Waals surface area (Å²) in [4.78, 5) is 0. The lowest BCUT2D eigenvalue weighted by atomic mass is 10.1. The Balaban J connectivity index is 2.30. The molecule has 6 heteroatoms. The van der Waals surface area contributed by atoms with Crippen molar-refractivity contribution in [3.63, 3.8) is 0 Å². The summed E-state index contributed by atoms with van der Waals surface area (Å²) in [5.41, 5.74) is 2.33. The summed E-state index contributed by atoms with van der Waals surface area (Å²) in [5, 5.41) is 0. The Bertz CT molecular complexity index is 608. The van der Waals surface area contributed by atoms with Crippen LogP contribution in [0.25, 0.3) is 0 Å². The van der Waals surface area contributed by atoms with Crippen molar-refractivity contribution in [2.24, 2.45) is 11.8 Å². The minimum atomic E-state index is -1.12. The van der Waals surface area contributed by atoms with E-state index in [-0.39, 0.29) is 23.1 Å². The molecule has 3 nitrogen and oxygen atoms in total. The molecule has 0 fully saturated rings. The van der Waals surface area contributed by atoms with Crippen LogP contribution in [0.15, 0.2) is 53.7 Å². The first-order valence-electron chi connectivity index (χ1n) is 5.91. The van der Waals surface area contributed by atoms with E-state index in [1.807, 2.05) is 0 Å². The zero-order valence-electron chi connectivity index (χ0n) is 10.7. The second-order valence-corrected chi connectivity index (χ2v) is 4.30. The lowest BCUT2D eigenvalue weighted by molar-refractivity contribution is 0.389. The topological polar surface area (TPSA) is 47.3 Å². The van der Waals surface area contributed by atoms with E-state index in [0.29, 0.717) is 0 Å². The SMILES string of the molecule is CC1C=C(Oc2cccc(F)c2F)C=C(F)C(NN)=C1. The average molecular weight is 282 g/mol. The second-order valence-electron chi connectivity index (χ2n) is 4.30. The summed E-state index contributed by atoms with van der Waals surface area (Å²) in [6.45, 7) is 1.77. The van der Waals surface area contributed by atoms with Crippen LogP contribution in [0, 0.1) is 17.6 Å². The molecule has 106 valence electrons. The number of allylic oxidation sites excluding steroid dienone is 4. The number of hydrazine groups is 1. The van der Waals surface area contributed by atoms with Crippen LogP contribution < -0.4 is 16.0 Å². The van der Waals surface area contributed by atoms with Crippen molar-refractivity contribution in [1.29, 1.82) is 0 Å². The van der Waals surface area contributed by atoms with Gasteiger partial charge in [0.2, 0.25) is 5.82 Å². The quantitative estimate of drug-likeness (QED) is 0.661. The first-order chi connectivity index (χ1) is 9.51. The predicted molar refractivity (Wildman–Crippen MR) is 68.8 cm³/mol. The standard InChI is InChI=1S/C14H13F3N2O/c1-8-5-9(7-11(16)12(6-8)19-18)20-13-4-2-3-10(15)14(13)17/h2-8,19H,18H2,1H3. The highest BCUT2D eigenvalue weighted by Crippen LogP contribution is 2.26. The normalized spacial score (nSPS) is 18.6. The highest BCUT2D eigenvalue weighted by Gasteiger charge is 2.15. The highest BCUT2D eigenvalue weighted by molar-refractivity contribution is 5.37. The van der Waals surface area contributed by atoms with E-state index in [1.54, 1.807) is 19.1 Å². The van der Waals surface area contributed by atoms with Crippen molar-refractivity contribution >= 4 is 0 Å². The number of rotatable bonds is 3. The molecule has 0 spiro atoms. The molecule has 1 aromatic carbocycles. The molecule has 0 aliphatic heterocycles. The fourth-order valence-electron chi connectivity index (χ4n) is 1.77. The van der Waals surface area contributed by atoms with Gasteiger partial charge in [0.15, 0.2) is 17.4 Å². The van der Waals surface area contributed by atoms with Gasteiger partial charge in [0, 0.05) is 6.08 Å². The number of hydrogen-bond donors (Lipinski definition) is 2. The Morgan fingerprint density at radius 2 is 1.95 bits per heavy atom. The van der Waals surface area contributed by atoms with Gasteiger partial charge < -0.3 is 10.2 Å². The Kier molecular flexibility index (Phi) is 4.14. The average Bonchev–Trinajstić information content (AvgIpc) is 2.53. The lowest BCUT2D eigenvalue weighted by Gasteiger charge is -2.08. The molecule has 0 radical (unpaired) electrons. The molecule has 0 aromatic heterocycles. The number of hydrogen-bond acceptors (Lipinski definition) is 3. The van der Waals surface area contributed by atoms with Crippen molar-refractivity contribution in [3.8, 4) is 5.75 Å². The molecule has 20 heavy (non-hydrogen) atoms. The molecule has 1 aliphatic rings. The third-order valence-corrected chi connectivity index (χ3v) is 2.68. The molecule has 0 saturated carbocycles. The van der Waals surface area contributed by atoms with Gasteiger partial charge in [0.05, 0.1) is 5.70 Å². The second kappa shape index (κ2) is 5.83. The maximum atomic E-state index is 13.8. The van der Waals surface area contributed by atoms with Crippen LogP contribution in [0.4, 0.5) is 13.2 Å². The van der Waals surface area contributed by atoms with Crippen LogP contribution in [-0.2, 0) is 0 Å². The summed E-state index contributed by atoms with van der Waals surface area (Å²) in [6.07, 6.45) is 4.16. The van der Waals surface area contributed by atoms with E-state index in [1.165, 1.54) is 12.1 Å². The zero-order valence-corrected chi connectivity index (χ0v) is 10.7. The van der Waals surface area contributed by atoms with Crippen molar-refractivity contribution in [2.75, 3.05) is 0 Å². The van der Waals surface area contributed by atoms with Gasteiger partial charge in [-0.3, -0.25) is 5.84 Å². The van der Waals surface area contributed by atoms with Gasteiger partial charge in [0.1, 0.15) is 5.76 Å². The fraction of sp³-hybridized carbons (Fsp3) is 0.143. The van der Waals surface area contributed by atoms with Crippen LogP contribution in [0.5, 0.6) is 5.75 Å². The zero-order chi connectivity index (χ0) is 14.7. The maximum Gasteiger partial charge on any atom is 0.201 e. The summed E-state index contributed by atoms with van der Waals surface area (Å²) < 4.78 is 45.6. The van der Waals surface area contributed by atoms with Crippen LogP contribution in [0.2, 0.25) is 0 Å². The molecule has 0 bridgehead atoms. The molecule has 1 aliphatic carbocycles. The molecule has 2 rings (SSSR count). The van der Waals surface area contributed by atoms with Crippen molar-refractivity contribution < 1.29 is 17.9 Å². The van der Waals surface area contributed by atoms with Crippen molar-refractivity contribution in [3.05, 3.63) is 65.3 Å². The molecule has 1 unspecified atom stereocenters. The summed E-state index contributed by atoms with van der Waals surface area (Å²) in [6, 6.07) is 3.54. The Morgan fingerprint density at radius 3 is 2.65 bits per heavy atom. The predicted octanol–water partition coefficient (Wildman–Crippen LogP) is 3.08. The first-order valence-corrected chi connectivity index (χ1v) is 5.91. The molecule has 3 N–H and O–H groups in total. The summed E-state index contributed by atoms with van der Waals surface area (Å²) in [7, 11) is 0. The van der Waals surface area contributed by atoms with Gasteiger partial charge >= 0.3 is 0 Å². The largest absolute Gasteiger partial charge is 0.454 e. The van der Waals surface area contributed by atoms with Crippen LogP contribution >= 0.6 is 0 Å². The van der Waals surface area contributed by atoms with E-state index >= 15 is 0 Å². The smallest absolute Gasteiger partial charge is 0.201 e. The maximum absolute atomic E-state index is 13.8. The van der Waals surface area contributed by atoms with E-state index in [0.717, 1.165) is 12.1 Å². The van der Waals surface area contributed by atoms with Gasteiger partial charge in [-0.15, -0.1) is 0 Å². The van der Waals surface area contributed by atoms with Crippen LogP contribution in [0.1, 0.15) is 6.92 Å². The Labute approximate surface area is 114 Å². The highest BCUT2D eigenvalue weighted by atomic mass is 19.2. The molecule has 0 amide bonds. The van der Waals surface area contributed by atoms with Gasteiger partial charge in [-0.25, -0.2) is 8.78 Å². The van der Waals surface area contributed by atoms with E-state index in [4.69, 9.17) is 10.6 Å². The molecular formula is C14H13F3N2O. The molecule has 0 heterocycles. The first kappa shape index (κ1) is 14.2. The van der Waals surface area contributed by atoms with E-state index in [9.17, 15) is 13.2 Å². The fourth-order valence-corrected chi connectivity index (χ4v) is 1.77. The van der Waals surface area contributed by atoms with Crippen LogP contribution in [-0.4, -0.2) is 0 Å². The Hall–Kier alpha value is -2.21. The van der Waals surface area contributed by atoms with E-state index < -0.39 is 17.5 Å². The minimum absolute atomic E-state index is 0.0704.